The van der Waals surface area contributed by atoms with Crippen LogP contribution in [0.2, 0.25) is 0 Å². The highest BCUT2D eigenvalue weighted by Crippen LogP contribution is 2.41. The van der Waals surface area contributed by atoms with Crippen LogP contribution in [0.1, 0.15) is 36.0 Å². The molecule has 0 spiro atoms. The summed E-state index contributed by atoms with van der Waals surface area (Å²) in [6.45, 7) is 1.49. The third-order valence-electron chi connectivity index (χ3n) is 11.6. The molecule has 20 nitrogen and oxygen atoms in total. The number of nitrogens with one attached hydrogen (secondary N) is 2. The third kappa shape index (κ3) is 9.42. The lowest BCUT2D eigenvalue weighted by molar-refractivity contribution is -1.04. The van der Waals surface area contributed by atoms with E-state index in [-0.39, 0.29) is 59.0 Å². The number of aryl methyl sites for hydroxylation is 2. The summed E-state index contributed by atoms with van der Waals surface area (Å²) in [5.41, 5.74) is 1.38. The predicted molar refractivity (Wildman–Crippen MR) is 231 cm³/mol. The Morgan fingerprint density at radius 3 is 2.47 bits per heavy atom. The number of hydrogen-bond donors (Lipinski definition) is 10. The molecule has 4 heterocycles. The number of carbonyl (C=O) groups excluding carboxylic acids is 2. The highest BCUT2D eigenvalue weighted by atomic mass is 16.8. The van der Waals surface area contributed by atoms with E-state index in [1.807, 2.05) is 32.0 Å². The van der Waals surface area contributed by atoms with Crippen LogP contribution in [0.4, 0.5) is 0 Å². The summed E-state index contributed by atoms with van der Waals surface area (Å²) in [6.07, 6.45) is -6.87. The minimum Gasteiger partial charge on any atom is -0.508 e. The molecule has 0 radical (unpaired) electrons. The summed E-state index contributed by atoms with van der Waals surface area (Å²) in [5, 5.41) is 91.5. The van der Waals surface area contributed by atoms with Gasteiger partial charge in [-0.05, 0) is 74.7 Å². The zero-order chi connectivity index (χ0) is 47.5. The number of aromatic hydroxyl groups is 1. The molecule has 350 valence electrons. The van der Waals surface area contributed by atoms with E-state index in [4.69, 9.17) is 23.5 Å². The number of carboxylic acids is 1. The van der Waals surface area contributed by atoms with Crippen molar-refractivity contribution in [3.05, 3.63) is 111 Å². The molecule has 1 aromatic heterocycles. The zero-order valence-corrected chi connectivity index (χ0v) is 35.7. The Balaban J connectivity index is 1.34. The summed E-state index contributed by atoms with van der Waals surface area (Å²) in [5.74, 6) is -7.04. The van der Waals surface area contributed by atoms with Crippen molar-refractivity contribution in [1.82, 2.24) is 5.32 Å². The van der Waals surface area contributed by atoms with Gasteiger partial charge in [0.1, 0.15) is 54.6 Å². The number of phenols is 1. The van der Waals surface area contributed by atoms with Crippen LogP contribution >= 0.6 is 0 Å². The largest absolute Gasteiger partial charge is 0.508 e. The van der Waals surface area contributed by atoms with Crippen molar-refractivity contribution in [3.8, 4) is 22.6 Å². The number of ether oxygens (including phenoxy) is 3. The van der Waals surface area contributed by atoms with Crippen LogP contribution in [0.5, 0.6) is 11.5 Å². The molecule has 3 aromatic carbocycles. The van der Waals surface area contributed by atoms with Crippen molar-refractivity contribution in [3.63, 3.8) is 0 Å². The Bertz CT molecular complexity index is 2610. The Hall–Kier alpha value is -6.17. The number of nitrogens with zero attached hydrogens (tertiary/aromatic N) is 1. The summed E-state index contributed by atoms with van der Waals surface area (Å²) in [6, 6.07) is 13.4. The van der Waals surface area contributed by atoms with Gasteiger partial charge < -0.3 is 64.3 Å². The first kappa shape index (κ1) is 47.8. The lowest BCUT2D eigenvalue weighted by Gasteiger charge is -2.53. The number of rotatable bonds is 19. The van der Waals surface area contributed by atoms with E-state index in [1.165, 1.54) is 48.7 Å². The fourth-order valence-corrected chi connectivity index (χ4v) is 8.34. The van der Waals surface area contributed by atoms with Crippen molar-refractivity contribution in [2.45, 2.75) is 81.2 Å². The number of aliphatic carboxylic acids is 1. The number of esters is 1. The molecule has 3 aliphatic rings. The Labute approximate surface area is 375 Å². The number of aldehydes is 1. The van der Waals surface area contributed by atoms with E-state index in [2.05, 4.69) is 10.3 Å². The van der Waals surface area contributed by atoms with Crippen LogP contribution in [0.15, 0.2) is 98.5 Å². The second-order valence-corrected chi connectivity index (χ2v) is 16.3. The average molecular weight is 917 g/mol. The van der Waals surface area contributed by atoms with E-state index in [1.54, 1.807) is 12.3 Å². The summed E-state index contributed by atoms with van der Waals surface area (Å²) in [4.78, 5) is 61.3. The number of carboxylic acid groups (broad SMARTS) is 1. The molecule has 66 heavy (non-hydrogen) atoms. The molecule has 0 bridgehead atoms. The SMILES string of the molecule is Cc1cc(C)cc(C2=C3N=CC=C3C[NH+]2O[C@@H]2[C@@H](Oc3ccc4c(=O)c(-c5ccc(O)cc5)coc4c3)O[C@@H]([C@@](O)(CO)OC(=O)[C@H](NCCC=O)C(=O)O)[C@H](O)[C@]2(O)[C@H](O)CCCO)c1. The number of phenolic OH excluding ortho intramolecular Hbond substituents is 1. The number of aliphatic imine (C=N–C) groups is 1. The van der Waals surface area contributed by atoms with Gasteiger partial charge in [-0.1, -0.05) is 29.3 Å². The van der Waals surface area contributed by atoms with Gasteiger partial charge in [-0.15, -0.1) is 0 Å². The van der Waals surface area contributed by atoms with Gasteiger partial charge in [0.15, 0.2) is 22.8 Å². The van der Waals surface area contributed by atoms with Crippen LogP contribution in [0.3, 0.4) is 0 Å². The monoisotopic (exact) mass is 916 g/mol. The molecule has 1 unspecified atom stereocenters. The molecular weight excluding hydrogens is 867 g/mol. The van der Waals surface area contributed by atoms with Crippen LogP contribution in [-0.2, 0) is 28.7 Å². The second-order valence-electron chi connectivity index (χ2n) is 16.3. The minimum atomic E-state index is -3.39. The predicted octanol–water partition coefficient (Wildman–Crippen LogP) is -0.454. The van der Waals surface area contributed by atoms with Crippen LogP contribution in [0.25, 0.3) is 27.8 Å². The van der Waals surface area contributed by atoms with Gasteiger partial charge in [-0.3, -0.25) is 10.1 Å². The van der Waals surface area contributed by atoms with Crippen LogP contribution in [-0.4, -0.2) is 140 Å². The maximum Gasteiger partial charge on any atom is 0.337 e. The van der Waals surface area contributed by atoms with E-state index in [9.17, 15) is 60.0 Å². The van der Waals surface area contributed by atoms with Crippen molar-refractivity contribution < 1.29 is 83.8 Å². The van der Waals surface area contributed by atoms with Crippen LogP contribution < -0.4 is 20.5 Å². The quantitative estimate of drug-likeness (QED) is 0.0187. The molecule has 3 aliphatic heterocycles. The summed E-state index contributed by atoms with van der Waals surface area (Å²) < 4.78 is 23.5. The van der Waals surface area contributed by atoms with Gasteiger partial charge in [-0.2, -0.15) is 9.90 Å². The number of fused-ring (bicyclic) bond motifs is 2. The van der Waals surface area contributed by atoms with Crippen molar-refractivity contribution >= 4 is 41.1 Å². The lowest BCUT2D eigenvalue weighted by Crippen LogP contribution is -3.09. The molecular formula is C46H50N3O17+. The first-order valence-electron chi connectivity index (χ1n) is 20.9. The topological polar surface area (TPSA) is 309 Å². The number of hydrogen-bond acceptors (Lipinski definition) is 18. The Morgan fingerprint density at radius 1 is 1.08 bits per heavy atom. The number of aliphatic hydroxyl groups is 6. The maximum absolute atomic E-state index is 13.7. The highest BCUT2D eigenvalue weighted by Gasteiger charge is 2.68. The van der Waals surface area contributed by atoms with Gasteiger partial charge in [0.25, 0.3) is 5.79 Å². The number of hydroxylamine groups is 2. The molecule has 7 rings (SSSR count). The number of quaternary nitrogens is 1. The molecule has 9 atom stereocenters. The molecule has 1 fully saturated rings. The smallest absolute Gasteiger partial charge is 0.337 e. The lowest BCUT2D eigenvalue weighted by atomic mass is 9.76. The van der Waals surface area contributed by atoms with Gasteiger partial charge in [-0.25, -0.2) is 14.6 Å². The van der Waals surface area contributed by atoms with Gasteiger partial charge >= 0.3 is 11.9 Å². The number of carbonyl (C=O) groups is 3. The average Bonchev–Trinajstić information content (AvgIpc) is 3.88. The van der Waals surface area contributed by atoms with Crippen molar-refractivity contribution in [2.75, 3.05) is 26.3 Å². The standard InChI is InChI=1S/C46H49N3O17/c1-24-17-25(2)19-28(18-24)37-35-27(12-14-48-35)21-49(37)66-41-44(63-30-10-11-31-33(20-30)62-22-32(38(31)55)26-6-8-29(53)9-7-26)64-40(39(56)46(41,61)34(54)5-3-15-50)45(60,23-52)65-43(59)36(42(57)58)47-13-4-16-51/h6-12,14,16-20,22,34,36,39-41,44,47,50,52-54,56,60-61H,3-5,13,15,21,23H2,1-2H3,(H,57,58)/p+1/t34-,36-,39+,40-,41-,44+,45-,46-/m1/s1. The third-order valence-corrected chi connectivity index (χ3v) is 11.6. The first-order valence-corrected chi connectivity index (χ1v) is 20.9. The number of aliphatic hydroxyl groups excluding tert-OH is 4. The zero-order valence-electron chi connectivity index (χ0n) is 35.7. The van der Waals surface area contributed by atoms with Crippen LogP contribution in [0, 0.1) is 13.8 Å². The Morgan fingerprint density at radius 2 is 1.80 bits per heavy atom. The van der Waals surface area contributed by atoms with Gasteiger partial charge in [0.05, 0.1) is 17.1 Å². The molecule has 1 saturated heterocycles. The second kappa shape index (κ2) is 19.7. The Kier molecular flexibility index (Phi) is 14.3. The molecule has 0 amide bonds. The molecule has 0 aliphatic carbocycles. The fourth-order valence-electron chi connectivity index (χ4n) is 8.34. The summed E-state index contributed by atoms with van der Waals surface area (Å²) in [7, 11) is 0. The highest BCUT2D eigenvalue weighted by molar-refractivity contribution is 5.98. The number of allylic oxidation sites excluding steroid dienone is 1. The molecule has 20 heteroatoms. The van der Waals surface area contributed by atoms with Crippen molar-refractivity contribution in [1.29, 1.82) is 0 Å². The van der Waals surface area contributed by atoms with Gasteiger partial charge in [0, 0.05) is 43.0 Å². The summed E-state index contributed by atoms with van der Waals surface area (Å²) >= 11 is 0. The number of benzene rings is 3. The van der Waals surface area contributed by atoms with Gasteiger partial charge in [0.2, 0.25) is 18.4 Å². The van der Waals surface area contributed by atoms with E-state index >= 15 is 0 Å². The normalized spacial score (nSPS) is 24.4. The fraction of sp³-hybridized carbons (Fsp3) is 0.370. The molecule has 0 saturated carbocycles. The molecule has 10 N–H and O–H groups in total. The minimum absolute atomic E-state index is 0.00431. The molecule has 4 aromatic rings. The van der Waals surface area contributed by atoms with E-state index < -0.39 is 85.1 Å². The maximum atomic E-state index is 13.7. The van der Waals surface area contributed by atoms with E-state index in [0.717, 1.165) is 16.7 Å². The van der Waals surface area contributed by atoms with Crippen molar-refractivity contribution in [2.24, 2.45) is 4.99 Å². The van der Waals surface area contributed by atoms with E-state index in [0.29, 0.717) is 28.8 Å². The first-order chi connectivity index (χ1) is 31.5.